The number of imidazole rings is 1. The minimum absolute atomic E-state index is 0.159. The molecule has 1 aliphatic rings. The molecule has 1 aromatic carbocycles. The second-order valence-corrected chi connectivity index (χ2v) is 6.64. The molecule has 3 aromatic rings. The number of nitrogens with zero attached hydrogens (tertiary/aromatic N) is 3. The van der Waals surface area contributed by atoms with Crippen LogP contribution in [0.25, 0.3) is 11.0 Å². The van der Waals surface area contributed by atoms with Gasteiger partial charge in [0.2, 0.25) is 5.95 Å². The van der Waals surface area contributed by atoms with Crippen LogP contribution in [-0.2, 0) is 19.3 Å². The molecule has 140 valence electrons. The summed E-state index contributed by atoms with van der Waals surface area (Å²) >= 11 is 0. The van der Waals surface area contributed by atoms with Gasteiger partial charge in [0.1, 0.15) is 17.3 Å². The molecule has 1 aliphatic carbocycles. The highest BCUT2D eigenvalue weighted by Crippen LogP contribution is 2.23. The fraction of sp³-hybridized carbons (Fsp3) is 0.368. The summed E-state index contributed by atoms with van der Waals surface area (Å²) in [4.78, 5) is 28.9. The Hall–Kier alpha value is -3.16. The fourth-order valence-corrected chi connectivity index (χ4v) is 3.47. The summed E-state index contributed by atoms with van der Waals surface area (Å²) in [5.41, 5.74) is 9.81. The number of aromatic amines is 1. The number of hydrogen-bond donors (Lipinski definition) is 3. The number of aromatic nitrogens is 4. The lowest BCUT2D eigenvalue weighted by Crippen LogP contribution is -2.29. The Kier molecular flexibility index (Phi) is 4.62. The predicted molar refractivity (Wildman–Crippen MR) is 102 cm³/mol. The predicted octanol–water partition coefficient (Wildman–Crippen LogP) is 1.79. The highest BCUT2D eigenvalue weighted by atomic mass is 16.5. The van der Waals surface area contributed by atoms with Gasteiger partial charge in [-0.25, -0.2) is 15.0 Å². The van der Waals surface area contributed by atoms with Gasteiger partial charge in [-0.1, -0.05) is 0 Å². The number of carbonyl (C=O) groups is 1. The first kappa shape index (κ1) is 17.3. The Labute approximate surface area is 156 Å². The van der Waals surface area contributed by atoms with E-state index in [4.69, 9.17) is 10.5 Å². The van der Waals surface area contributed by atoms with Crippen LogP contribution in [0.3, 0.4) is 0 Å². The first-order valence-corrected chi connectivity index (χ1v) is 9.10. The van der Waals surface area contributed by atoms with Crippen molar-refractivity contribution in [3.8, 4) is 5.75 Å². The molecule has 0 aliphatic heterocycles. The third kappa shape index (κ3) is 3.55. The minimum Gasteiger partial charge on any atom is -0.497 e. The number of nitrogen functional groups attached to an aromatic ring is 1. The van der Waals surface area contributed by atoms with Crippen molar-refractivity contribution < 1.29 is 9.53 Å². The number of aryl methyl sites for hydroxylation is 1. The van der Waals surface area contributed by atoms with E-state index >= 15 is 0 Å². The van der Waals surface area contributed by atoms with E-state index in [1.165, 1.54) is 0 Å². The lowest BCUT2D eigenvalue weighted by atomic mass is 9.94. The molecule has 4 N–H and O–H groups in total. The molecule has 4 rings (SSSR count). The van der Waals surface area contributed by atoms with Crippen molar-refractivity contribution in [2.75, 3.05) is 19.4 Å². The first-order valence-electron chi connectivity index (χ1n) is 9.10. The summed E-state index contributed by atoms with van der Waals surface area (Å²) < 4.78 is 5.22. The molecule has 0 unspecified atom stereocenters. The first-order chi connectivity index (χ1) is 13.1. The van der Waals surface area contributed by atoms with Crippen LogP contribution in [0.15, 0.2) is 18.2 Å². The van der Waals surface area contributed by atoms with Crippen LogP contribution < -0.4 is 15.8 Å². The van der Waals surface area contributed by atoms with Crippen molar-refractivity contribution in [1.82, 2.24) is 25.3 Å². The van der Waals surface area contributed by atoms with E-state index < -0.39 is 0 Å². The Morgan fingerprint density at radius 3 is 2.96 bits per heavy atom. The maximum absolute atomic E-state index is 12.6. The maximum atomic E-state index is 12.6. The maximum Gasteiger partial charge on any atom is 0.270 e. The van der Waals surface area contributed by atoms with Crippen molar-refractivity contribution in [1.29, 1.82) is 0 Å². The van der Waals surface area contributed by atoms with Crippen LogP contribution >= 0.6 is 0 Å². The summed E-state index contributed by atoms with van der Waals surface area (Å²) in [7, 11) is 1.63. The summed E-state index contributed by atoms with van der Waals surface area (Å²) in [5.74, 6) is 1.53. The van der Waals surface area contributed by atoms with Crippen LogP contribution in [0, 0.1) is 0 Å². The average molecular weight is 366 g/mol. The molecule has 27 heavy (non-hydrogen) atoms. The third-order valence-electron chi connectivity index (χ3n) is 4.80. The lowest BCUT2D eigenvalue weighted by Gasteiger charge is -2.17. The monoisotopic (exact) mass is 366 g/mol. The molecule has 0 spiro atoms. The molecular formula is C19H22N6O2. The molecule has 0 fully saturated rings. The standard InChI is InChI=1S/C19H22N6O2/c1-27-11-6-7-14-15(10-11)23-16(22-14)8-9-21-18(26)17-12-4-2-3-5-13(12)24-19(20)25-17/h6-7,10H,2-5,8-9H2,1H3,(H,21,26)(H,22,23)(H2,20,24,25). The van der Waals surface area contributed by atoms with E-state index in [1.807, 2.05) is 18.2 Å². The van der Waals surface area contributed by atoms with Crippen LogP contribution in [-0.4, -0.2) is 39.5 Å². The average Bonchev–Trinajstić information content (AvgIpc) is 3.08. The number of amides is 1. The molecule has 1 amide bonds. The molecule has 2 heterocycles. The zero-order valence-electron chi connectivity index (χ0n) is 15.2. The molecule has 0 bridgehead atoms. The van der Waals surface area contributed by atoms with E-state index in [1.54, 1.807) is 7.11 Å². The van der Waals surface area contributed by atoms with Crippen molar-refractivity contribution in [3.63, 3.8) is 0 Å². The summed E-state index contributed by atoms with van der Waals surface area (Å²) in [5, 5.41) is 2.92. The number of nitrogens with two attached hydrogens (primary N) is 1. The molecule has 8 heteroatoms. The van der Waals surface area contributed by atoms with Crippen LogP contribution in [0.1, 0.15) is 40.4 Å². The van der Waals surface area contributed by atoms with Gasteiger partial charge >= 0.3 is 0 Å². The quantitative estimate of drug-likeness (QED) is 0.633. The molecule has 0 atom stereocenters. The summed E-state index contributed by atoms with van der Waals surface area (Å²) in [6.07, 6.45) is 4.38. The number of H-pyrrole nitrogens is 1. The van der Waals surface area contributed by atoms with E-state index in [-0.39, 0.29) is 11.9 Å². The second kappa shape index (κ2) is 7.22. The Balaban J connectivity index is 1.43. The number of rotatable bonds is 5. The van der Waals surface area contributed by atoms with E-state index in [9.17, 15) is 4.79 Å². The number of ether oxygens (including phenoxy) is 1. The molecule has 0 saturated carbocycles. The molecule has 0 radical (unpaired) electrons. The summed E-state index contributed by atoms with van der Waals surface area (Å²) in [6.45, 7) is 0.453. The highest BCUT2D eigenvalue weighted by Gasteiger charge is 2.21. The number of nitrogens with one attached hydrogen (secondary N) is 2. The second-order valence-electron chi connectivity index (χ2n) is 6.64. The van der Waals surface area contributed by atoms with Gasteiger partial charge in [-0.05, 0) is 37.8 Å². The SMILES string of the molecule is COc1ccc2nc(CCNC(=O)c3nc(N)nc4c3CCCC4)[nH]c2c1. The number of anilines is 1. The zero-order chi connectivity index (χ0) is 18.8. The zero-order valence-corrected chi connectivity index (χ0v) is 15.2. The fourth-order valence-electron chi connectivity index (χ4n) is 3.47. The van der Waals surface area contributed by atoms with Gasteiger partial charge in [-0.3, -0.25) is 4.79 Å². The lowest BCUT2D eigenvalue weighted by molar-refractivity contribution is 0.0947. The van der Waals surface area contributed by atoms with Crippen molar-refractivity contribution in [2.24, 2.45) is 0 Å². The normalized spacial score (nSPS) is 13.4. The van der Waals surface area contributed by atoms with E-state index in [0.29, 0.717) is 18.7 Å². The van der Waals surface area contributed by atoms with Crippen molar-refractivity contribution in [3.05, 3.63) is 41.0 Å². The van der Waals surface area contributed by atoms with Gasteiger partial charge < -0.3 is 20.8 Å². The van der Waals surface area contributed by atoms with Gasteiger partial charge in [0.05, 0.1) is 18.1 Å². The number of fused-ring (bicyclic) bond motifs is 2. The Morgan fingerprint density at radius 2 is 2.11 bits per heavy atom. The van der Waals surface area contributed by atoms with Gasteiger partial charge in [0.25, 0.3) is 5.91 Å². The summed E-state index contributed by atoms with van der Waals surface area (Å²) in [6, 6.07) is 5.68. The highest BCUT2D eigenvalue weighted by molar-refractivity contribution is 5.94. The van der Waals surface area contributed by atoms with E-state index in [2.05, 4.69) is 25.3 Å². The van der Waals surface area contributed by atoms with E-state index in [0.717, 1.165) is 59.5 Å². The van der Waals surface area contributed by atoms with Crippen LogP contribution in [0.2, 0.25) is 0 Å². The molecule has 8 nitrogen and oxygen atoms in total. The van der Waals surface area contributed by atoms with Gasteiger partial charge in [-0.15, -0.1) is 0 Å². The number of benzene rings is 1. The third-order valence-corrected chi connectivity index (χ3v) is 4.80. The largest absolute Gasteiger partial charge is 0.497 e. The van der Waals surface area contributed by atoms with Crippen molar-refractivity contribution >= 4 is 22.9 Å². The number of methoxy groups -OCH3 is 1. The Bertz CT molecular complexity index is 997. The van der Waals surface area contributed by atoms with Gasteiger partial charge in [-0.2, -0.15) is 0 Å². The molecular weight excluding hydrogens is 344 g/mol. The smallest absolute Gasteiger partial charge is 0.270 e. The van der Waals surface area contributed by atoms with Gasteiger partial charge in [0.15, 0.2) is 0 Å². The Morgan fingerprint density at radius 1 is 1.26 bits per heavy atom. The molecule has 0 saturated heterocycles. The number of carbonyl (C=O) groups excluding carboxylic acids is 1. The molecule has 2 aromatic heterocycles. The minimum atomic E-state index is -0.208. The van der Waals surface area contributed by atoms with Gasteiger partial charge in [0, 0.05) is 30.3 Å². The van der Waals surface area contributed by atoms with Crippen LogP contribution in [0.5, 0.6) is 5.75 Å². The van der Waals surface area contributed by atoms with Crippen LogP contribution in [0.4, 0.5) is 5.95 Å². The number of hydrogen-bond acceptors (Lipinski definition) is 6. The topological polar surface area (TPSA) is 119 Å². The van der Waals surface area contributed by atoms with Crippen molar-refractivity contribution in [2.45, 2.75) is 32.1 Å².